The monoisotopic (exact) mass is 208 g/mol. The molecule has 1 heterocycles. The second-order valence-electron chi connectivity index (χ2n) is 4.26. The molecule has 1 rings (SSSR count). The largest absolute Gasteiger partial charge is 0.481 e. The summed E-state index contributed by atoms with van der Waals surface area (Å²) in [5.74, 6) is 1.36. The van der Waals surface area contributed by atoms with E-state index in [4.69, 9.17) is 4.74 Å². The van der Waals surface area contributed by atoms with E-state index in [1.807, 2.05) is 12.1 Å². The van der Waals surface area contributed by atoms with Crippen molar-refractivity contribution in [2.75, 3.05) is 12.4 Å². The van der Waals surface area contributed by atoms with Gasteiger partial charge in [-0.05, 0) is 25.3 Å². The lowest BCUT2D eigenvalue weighted by molar-refractivity contribution is 0.398. The predicted octanol–water partition coefficient (Wildman–Crippen LogP) is 2.94. The third-order valence-corrected chi connectivity index (χ3v) is 2.18. The van der Waals surface area contributed by atoms with E-state index in [-0.39, 0.29) is 0 Å². The summed E-state index contributed by atoms with van der Waals surface area (Å²) in [6.45, 7) is 6.64. The molecule has 0 aromatic carbocycles. The summed E-state index contributed by atoms with van der Waals surface area (Å²) in [4.78, 5) is 4.14. The van der Waals surface area contributed by atoms with E-state index >= 15 is 0 Å². The summed E-state index contributed by atoms with van der Waals surface area (Å²) < 4.78 is 5.00. The van der Waals surface area contributed by atoms with Crippen LogP contribution in [0.4, 0.5) is 5.69 Å². The van der Waals surface area contributed by atoms with Crippen LogP contribution in [0.1, 0.15) is 27.2 Å². The van der Waals surface area contributed by atoms with Crippen LogP contribution in [0.2, 0.25) is 0 Å². The van der Waals surface area contributed by atoms with E-state index in [1.54, 1.807) is 13.3 Å². The van der Waals surface area contributed by atoms with Gasteiger partial charge >= 0.3 is 0 Å². The van der Waals surface area contributed by atoms with E-state index in [9.17, 15) is 0 Å². The Morgan fingerprint density at radius 1 is 1.33 bits per heavy atom. The smallest absolute Gasteiger partial charge is 0.213 e. The molecule has 0 bridgehead atoms. The summed E-state index contributed by atoms with van der Waals surface area (Å²) in [6, 6.07) is 4.33. The first-order chi connectivity index (χ1) is 7.11. The Bertz CT molecular complexity index is 282. The fourth-order valence-electron chi connectivity index (χ4n) is 1.64. The van der Waals surface area contributed by atoms with Crippen molar-refractivity contribution in [1.29, 1.82) is 0 Å². The van der Waals surface area contributed by atoms with Gasteiger partial charge in [0, 0.05) is 12.1 Å². The molecule has 1 aromatic rings. The van der Waals surface area contributed by atoms with Gasteiger partial charge in [0.05, 0.1) is 19.0 Å². The second kappa shape index (κ2) is 5.59. The number of ether oxygens (including phenoxy) is 1. The molecule has 1 unspecified atom stereocenters. The maximum atomic E-state index is 5.00. The topological polar surface area (TPSA) is 34.1 Å². The number of methoxy groups -OCH3 is 1. The lowest BCUT2D eigenvalue weighted by Gasteiger charge is -2.16. The highest BCUT2D eigenvalue weighted by Crippen LogP contribution is 2.14. The third-order valence-electron chi connectivity index (χ3n) is 2.18. The van der Waals surface area contributed by atoms with Crippen LogP contribution in [-0.2, 0) is 0 Å². The van der Waals surface area contributed by atoms with E-state index < -0.39 is 0 Å². The van der Waals surface area contributed by atoms with Gasteiger partial charge in [0.15, 0.2) is 0 Å². The minimum Gasteiger partial charge on any atom is -0.481 e. The maximum Gasteiger partial charge on any atom is 0.213 e. The highest BCUT2D eigenvalue weighted by Gasteiger charge is 2.04. The molecule has 0 aliphatic heterocycles. The van der Waals surface area contributed by atoms with Crippen LogP contribution in [0.25, 0.3) is 0 Å². The average Bonchev–Trinajstić information content (AvgIpc) is 2.17. The van der Waals surface area contributed by atoms with Crippen LogP contribution >= 0.6 is 0 Å². The zero-order chi connectivity index (χ0) is 11.3. The SMILES string of the molecule is COc1ccc(NC(C)CC(C)C)cn1. The summed E-state index contributed by atoms with van der Waals surface area (Å²) in [5, 5.41) is 3.41. The molecule has 1 atom stereocenters. The molecule has 1 N–H and O–H groups in total. The van der Waals surface area contributed by atoms with Gasteiger partial charge in [0.25, 0.3) is 0 Å². The minimum absolute atomic E-state index is 0.472. The lowest BCUT2D eigenvalue weighted by atomic mass is 10.1. The Kier molecular flexibility index (Phi) is 4.40. The summed E-state index contributed by atoms with van der Waals surface area (Å²) in [5.41, 5.74) is 1.05. The first-order valence-electron chi connectivity index (χ1n) is 5.38. The Morgan fingerprint density at radius 3 is 2.53 bits per heavy atom. The highest BCUT2D eigenvalue weighted by molar-refractivity contribution is 5.42. The van der Waals surface area contributed by atoms with Gasteiger partial charge in [-0.3, -0.25) is 0 Å². The van der Waals surface area contributed by atoms with Crippen molar-refractivity contribution in [3.8, 4) is 5.88 Å². The van der Waals surface area contributed by atoms with E-state index in [2.05, 4.69) is 31.1 Å². The highest BCUT2D eigenvalue weighted by atomic mass is 16.5. The van der Waals surface area contributed by atoms with Gasteiger partial charge in [-0.15, -0.1) is 0 Å². The number of hydrogen-bond donors (Lipinski definition) is 1. The summed E-state index contributed by atoms with van der Waals surface area (Å²) >= 11 is 0. The second-order valence-corrected chi connectivity index (χ2v) is 4.26. The van der Waals surface area contributed by atoms with Crippen molar-refractivity contribution in [3.05, 3.63) is 18.3 Å². The molecule has 0 saturated heterocycles. The number of rotatable bonds is 5. The predicted molar refractivity (Wildman–Crippen MR) is 63.3 cm³/mol. The molecule has 0 spiro atoms. The van der Waals surface area contributed by atoms with Gasteiger partial charge in [-0.1, -0.05) is 13.8 Å². The molecular formula is C12H20N2O. The first kappa shape index (κ1) is 11.8. The fraction of sp³-hybridized carbons (Fsp3) is 0.583. The molecule has 1 aromatic heterocycles. The van der Waals surface area contributed by atoms with E-state index in [0.29, 0.717) is 17.8 Å². The zero-order valence-corrected chi connectivity index (χ0v) is 9.95. The summed E-state index contributed by atoms with van der Waals surface area (Å²) in [6.07, 6.45) is 2.96. The molecule has 84 valence electrons. The third kappa shape index (κ3) is 4.19. The Balaban J connectivity index is 2.49. The molecule has 0 fully saturated rings. The molecule has 3 heteroatoms. The van der Waals surface area contributed by atoms with Crippen molar-refractivity contribution < 1.29 is 4.74 Å². The fourth-order valence-corrected chi connectivity index (χ4v) is 1.64. The van der Waals surface area contributed by atoms with E-state index in [0.717, 1.165) is 12.1 Å². The van der Waals surface area contributed by atoms with E-state index in [1.165, 1.54) is 0 Å². The summed E-state index contributed by atoms with van der Waals surface area (Å²) in [7, 11) is 1.62. The number of nitrogens with one attached hydrogen (secondary N) is 1. The molecular weight excluding hydrogens is 188 g/mol. The molecule has 0 aliphatic rings. The molecule has 3 nitrogen and oxygen atoms in total. The van der Waals surface area contributed by atoms with Crippen molar-refractivity contribution >= 4 is 5.69 Å². The molecule has 0 saturated carbocycles. The van der Waals surface area contributed by atoms with Crippen LogP contribution in [0.3, 0.4) is 0 Å². The molecule has 15 heavy (non-hydrogen) atoms. The van der Waals surface area contributed by atoms with Gasteiger partial charge in [0.2, 0.25) is 5.88 Å². The van der Waals surface area contributed by atoms with Crippen molar-refractivity contribution in [2.24, 2.45) is 5.92 Å². The standard InChI is InChI=1S/C12H20N2O/c1-9(2)7-10(3)14-11-5-6-12(15-4)13-8-11/h5-6,8-10,14H,7H2,1-4H3. The zero-order valence-electron chi connectivity index (χ0n) is 9.95. The Hall–Kier alpha value is -1.25. The Labute approximate surface area is 91.9 Å². The van der Waals surface area contributed by atoms with Gasteiger partial charge in [0.1, 0.15) is 0 Å². The minimum atomic E-state index is 0.472. The molecule has 0 radical (unpaired) electrons. The Morgan fingerprint density at radius 2 is 2.07 bits per heavy atom. The van der Waals surface area contributed by atoms with Crippen molar-refractivity contribution in [1.82, 2.24) is 4.98 Å². The number of aromatic nitrogens is 1. The van der Waals surface area contributed by atoms with Crippen molar-refractivity contribution in [2.45, 2.75) is 33.2 Å². The lowest BCUT2D eigenvalue weighted by Crippen LogP contribution is -2.17. The van der Waals surface area contributed by atoms with Crippen LogP contribution < -0.4 is 10.1 Å². The maximum absolute atomic E-state index is 5.00. The van der Waals surface area contributed by atoms with Crippen LogP contribution in [0.15, 0.2) is 18.3 Å². The number of anilines is 1. The van der Waals surface area contributed by atoms with Crippen molar-refractivity contribution in [3.63, 3.8) is 0 Å². The number of nitrogens with zero attached hydrogens (tertiary/aromatic N) is 1. The number of pyridine rings is 1. The van der Waals surface area contributed by atoms with Crippen LogP contribution in [0.5, 0.6) is 5.88 Å². The molecule has 0 amide bonds. The van der Waals surface area contributed by atoms with Gasteiger partial charge in [-0.2, -0.15) is 0 Å². The normalized spacial score (nSPS) is 12.6. The first-order valence-corrected chi connectivity index (χ1v) is 5.38. The van der Waals surface area contributed by atoms with Gasteiger partial charge in [-0.25, -0.2) is 4.98 Å². The quantitative estimate of drug-likeness (QED) is 0.807. The average molecular weight is 208 g/mol. The van der Waals surface area contributed by atoms with Gasteiger partial charge < -0.3 is 10.1 Å². The number of hydrogen-bond acceptors (Lipinski definition) is 3. The van der Waals surface area contributed by atoms with Crippen LogP contribution in [0, 0.1) is 5.92 Å². The molecule has 0 aliphatic carbocycles. The van der Waals surface area contributed by atoms with Crippen LogP contribution in [-0.4, -0.2) is 18.1 Å².